The van der Waals surface area contributed by atoms with Gasteiger partial charge in [-0.2, -0.15) is 0 Å². The minimum absolute atomic E-state index is 0.841. The largest absolute Gasteiger partial charge is 0.337 e. The summed E-state index contributed by atoms with van der Waals surface area (Å²) in [5, 5.41) is 2.07. The van der Waals surface area contributed by atoms with Crippen LogP contribution in [0.5, 0.6) is 0 Å². The van der Waals surface area contributed by atoms with Gasteiger partial charge in [-0.3, -0.25) is 0 Å². The Morgan fingerprint density at radius 1 is 1.31 bits per heavy atom. The highest BCUT2D eigenvalue weighted by atomic mass is 32.1. The molecule has 0 aliphatic heterocycles. The number of H-pyrrole nitrogens is 1. The van der Waals surface area contributed by atoms with E-state index in [-0.39, 0.29) is 0 Å². The van der Waals surface area contributed by atoms with Crippen LogP contribution >= 0.6 is 23.6 Å². The molecule has 66 valence electrons. The highest BCUT2D eigenvalue weighted by Crippen LogP contribution is 2.20. The summed E-state index contributed by atoms with van der Waals surface area (Å²) in [6.07, 6.45) is 11.4. The minimum atomic E-state index is 0.841. The molecule has 0 amide bonds. The monoisotopic (exact) mass is 207 g/mol. The van der Waals surface area contributed by atoms with Crippen molar-refractivity contribution in [1.82, 2.24) is 4.98 Å². The molecule has 1 nitrogen and oxygen atoms in total. The minimum Gasteiger partial charge on any atom is -0.337 e. The predicted molar refractivity (Wildman–Crippen MR) is 60.4 cm³/mol. The van der Waals surface area contributed by atoms with Crippen molar-refractivity contribution in [2.75, 3.05) is 0 Å². The molecule has 0 fully saturated rings. The van der Waals surface area contributed by atoms with Gasteiger partial charge in [0.05, 0.1) is 5.69 Å². The molecule has 0 radical (unpaired) electrons. The van der Waals surface area contributed by atoms with Gasteiger partial charge in [0.25, 0.3) is 0 Å². The number of rotatable bonds is 1. The van der Waals surface area contributed by atoms with Crippen LogP contribution in [-0.4, -0.2) is 4.98 Å². The lowest BCUT2D eigenvalue weighted by Crippen LogP contribution is -1.81. The molecule has 3 heteroatoms. The van der Waals surface area contributed by atoms with Gasteiger partial charge in [-0.25, -0.2) is 0 Å². The zero-order valence-electron chi connectivity index (χ0n) is 6.99. The first-order chi connectivity index (χ1) is 6.36. The van der Waals surface area contributed by atoms with E-state index >= 15 is 0 Å². The van der Waals surface area contributed by atoms with Crippen LogP contribution in [-0.2, 0) is 0 Å². The Kier molecular flexibility index (Phi) is 2.57. The molecule has 0 aromatic carbocycles. The maximum absolute atomic E-state index is 5.04. The van der Waals surface area contributed by atoms with E-state index in [1.165, 1.54) is 5.57 Å². The van der Waals surface area contributed by atoms with Crippen molar-refractivity contribution in [1.29, 1.82) is 0 Å². The van der Waals surface area contributed by atoms with Crippen LogP contribution in [0.25, 0.3) is 5.57 Å². The second-order valence-corrected chi connectivity index (χ2v) is 4.32. The van der Waals surface area contributed by atoms with Crippen LogP contribution in [0.3, 0.4) is 0 Å². The molecule has 1 aliphatic rings. The van der Waals surface area contributed by atoms with Crippen molar-refractivity contribution >= 4 is 29.1 Å². The number of hydrogen-bond donors (Lipinski definition) is 1. The van der Waals surface area contributed by atoms with Crippen LogP contribution < -0.4 is 0 Å². The fourth-order valence-corrected chi connectivity index (χ4v) is 2.07. The third-order valence-corrected chi connectivity index (χ3v) is 2.92. The smallest absolute Gasteiger partial charge is 0.158 e. The first-order valence-corrected chi connectivity index (χ1v) is 5.35. The Morgan fingerprint density at radius 3 is 3.00 bits per heavy atom. The second kappa shape index (κ2) is 3.85. The Morgan fingerprint density at radius 2 is 2.23 bits per heavy atom. The number of aromatic nitrogens is 1. The summed E-state index contributed by atoms with van der Waals surface area (Å²) in [6.45, 7) is 0. The Labute approximate surface area is 86.1 Å². The lowest BCUT2D eigenvalue weighted by molar-refractivity contribution is 1.28. The molecule has 1 aromatic rings. The quantitative estimate of drug-likeness (QED) is 0.694. The molecule has 1 aliphatic carbocycles. The molecule has 1 N–H and O–H groups in total. The van der Waals surface area contributed by atoms with Crippen molar-refractivity contribution in [2.45, 2.75) is 6.42 Å². The summed E-state index contributed by atoms with van der Waals surface area (Å²) < 4.78 is 0.841. The lowest BCUT2D eigenvalue weighted by Gasteiger charge is -1.97. The third-order valence-electron chi connectivity index (χ3n) is 1.86. The Hall–Kier alpha value is -0.930. The van der Waals surface area contributed by atoms with E-state index < -0.39 is 0 Å². The van der Waals surface area contributed by atoms with Gasteiger partial charge in [-0.15, -0.1) is 11.3 Å². The maximum atomic E-state index is 5.04. The van der Waals surface area contributed by atoms with Crippen molar-refractivity contribution in [3.8, 4) is 0 Å². The molecule has 0 saturated carbocycles. The molecular weight excluding hydrogens is 198 g/mol. The van der Waals surface area contributed by atoms with Gasteiger partial charge in [0.15, 0.2) is 3.95 Å². The molecular formula is C10H9NS2. The van der Waals surface area contributed by atoms with Gasteiger partial charge < -0.3 is 4.98 Å². The molecule has 0 unspecified atom stereocenters. The van der Waals surface area contributed by atoms with E-state index in [4.69, 9.17) is 12.2 Å². The third kappa shape index (κ3) is 2.05. The summed E-state index contributed by atoms with van der Waals surface area (Å²) in [6, 6.07) is 0. The summed E-state index contributed by atoms with van der Waals surface area (Å²) in [4.78, 5) is 3.17. The zero-order chi connectivity index (χ0) is 9.10. The van der Waals surface area contributed by atoms with Crippen LogP contribution in [0.1, 0.15) is 12.1 Å². The lowest BCUT2D eigenvalue weighted by atomic mass is 10.1. The van der Waals surface area contributed by atoms with Gasteiger partial charge in [-0.05, 0) is 24.2 Å². The maximum Gasteiger partial charge on any atom is 0.158 e. The topological polar surface area (TPSA) is 15.8 Å². The average molecular weight is 207 g/mol. The first kappa shape index (κ1) is 8.66. The highest BCUT2D eigenvalue weighted by Gasteiger charge is 2.01. The number of allylic oxidation sites excluding steroid dienone is 6. The van der Waals surface area contributed by atoms with Crippen molar-refractivity contribution in [2.24, 2.45) is 0 Å². The van der Waals surface area contributed by atoms with Gasteiger partial charge in [-0.1, -0.05) is 30.4 Å². The first-order valence-electron chi connectivity index (χ1n) is 4.07. The van der Waals surface area contributed by atoms with E-state index in [0.29, 0.717) is 0 Å². The summed E-state index contributed by atoms with van der Waals surface area (Å²) >= 11 is 6.61. The van der Waals surface area contributed by atoms with Crippen molar-refractivity contribution < 1.29 is 0 Å². The van der Waals surface area contributed by atoms with Crippen molar-refractivity contribution in [3.05, 3.63) is 45.4 Å². The Bertz CT molecular complexity index is 432. The standard InChI is InChI=1S/C10H9NS2/c12-10-11-9(7-13-10)8-5-3-1-2-4-6-8/h1-5,7H,6H2,(H,11,12). The van der Waals surface area contributed by atoms with Crippen molar-refractivity contribution in [3.63, 3.8) is 0 Å². The number of nitrogens with one attached hydrogen (secondary N) is 1. The number of hydrogen-bond acceptors (Lipinski definition) is 2. The van der Waals surface area contributed by atoms with E-state index in [0.717, 1.165) is 16.1 Å². The second-order valence-electron chi connectivity index (χ2n) is 2.77. The van der Waals surface area contributed by atoms with Gasteiger partial charge in [0.1, 0.15) is 0 Å². The van der Waals surface area contributed by atoms with Crippen LogP contribution in [0.2, 0.25) is 0 Å². The van der Waals surface area contributed by atoms with Gasteiger partial charge in [0, 0.05) is 5.38 Å². The number of aromatic amines is 1. The normalized spacial score (nSPS) is 15.5. The molecule has 0 atom stereocenters. The summed E-state index contributed by atoms with van der Waals surface area (Å²) in [7, 11) is 0. The average Bonchev–Trinajstić information content (AvgIpc) is 2.43. The molecule has 0 spiro atoms. The van der Waals surface area contributed by atoms with Crippen LogP contribution in [0, 0.1) is 3.95 Å². The van der Waals surface area contributed by atoms with Crippen LogP contribution in [0.4, 0.5) is 0 Å². The molecule has 13 heavy (non-hydrogen) atoms. The zero-order valence-corrected chi connectivity index (χ0v) is 8.62. The molecule has 1 aromatic heterocycles. The van der Waals surface area contributed by atoms with Gasteiger partial charge >= 0.3 is 0 Å². The molecule has 0 bridgehead atoms. The predicted octanol–water partition coefficient (Wildman–Crippen LogP) is 3.71. The molecule has 1 heterocycles. The fourth-order valence-electron chi connectivity index (χ4n) is 1.21. The summed E-state index contributed by atoms with van der Waals surface area (Å²) in [5.41, 5.74) is 2.43. The van der Waals surface area contributed by atoms with E-state index in [1.54, 1.807) is 11.3 Å². The van der Waals surface area contributed by atoms with E-state index in [1.807, 2.05) is 12.2 Å². The van der Waals surface area contributed by atoms with Gasteiger partial charge in [0.2, 0.25) is 0 Å². The number of thiazole rings is 1. The van der Waals surface area contributed by atoms with E-state index in [9.17, 15) is 0 Å². The molecule has 2 rings (SSSR count). The van der Waals surface area contributed by atoms with Crippen LogP contribution in [0.15, 0.2) is 35.8 Å². The molecule has 0 saturated heterocycles. The summed E-state index contributed by atoms with van der Waals surface area (Å²) in [5.74, 6) is 0. The highest BCUT2D eigenvalue weighted by molar-refractivity contribution is 7.73. The fraction of sp³-hybridized carbons (Fsp3) is 0.100. The SMILES string of the molecule is S=c1[nH]c(C2=CC=CC=CC2)cs1. The Balaban J connectivity index is 2.36. The van der Waals surface area contributed by atoms with E-state index in [2.05, 4.69) is 28.6 Å².